The van der Waals surface area contributed by atoms with Crippen LogP contribution >= 0.6 is 11.6 Å². The molecule has 1 aromatic carbocycles. The summed E-state index contributed by atoms with van der Waals surface area (Å²) in [6.45, 7) is 6.09. The third-order valence-electron chi connectivity index (χ3n) is 3.69. The zero-order valence-corrected chi connectivity index (χ0v) is 14.5. The Kier molecular flexibility index (Phi) is 4.53. The van der Waals surface area contributed by atoms with Crippen molar-refractivity contribution in [2.75, 3.05) is 0 Å². The van der Waals surface area contributed by atoms with E-state index in [2.05, 4.69) is 10.1 Å². The zero-order chi connectivity index (χ0) is 17.3. The third kappa shape index (κ3) is 3.26. The van der Waals surface area contributed by atoms with E-state index in [0.29, 0.717) is 21.6 Å². The Labute approximate surface area is 145 Å². The minimum Gasteiger partial charge on any atom is -0.457 e. The van der Waals surface area contributed by atoms with Gasteiger partial charge in [0.05, 0.1) is 17.1 Å². The molecule has 0 fully saturated rings. The van der Waals surface area contributed by atoms with E-state index < -0.39 is 0 Å². The largest absolute Gasteiger partial charge is 0.457 e. The lowest BCUT2D eigenvalue weighted by Crippen LogP contribution is -2.08. The van der Waals surface area contributed by atoms with Crippen molar-refractivity contribution in [1.82, 2.24) is 14.8 Å². The highest BCUT2D eigenvalue weighted by Crippen LogP contribution is 2.22. The lowest BCUT2D eigenvalue weighted by atomic mass is 10.1. The highest BCUT2D eigenvalue weighted by atomic mass is 35.5. The molecule has 24 heavy (non-hydrogen) atoms. The van der Waals surface area contributed by atoms with Crippen molar-refractivity contribution < 1.29 is 9.53 Å². The first kappa shape index (κ1) is 16.5. The normalized spacial score (nSPS) is 11.2. The molecule has 0 aliphatic rings. The van der Waals surface area contributed by atoms with Gasteiger partial charge in [0, 0.05) is 16.8 Å². The predicted octanol–water partition coefficient (Wildman–Crippen LogP) is 4.33. The summed E-state index contributed by atoms with van der Waals surface area (Å²) in [6, 6.07) is 9.10. The summed E-state index contributed by atoms with van der Waals surface area (Å²) in [4.78, 5) is 17.0. The minimum absolute atomic E-state index is 0.162. The van der Waals surface area contributed by atoms with E-state index in [-0.39, 0.29) is 18.6 Å². The molecule has 3 rings (SSSR count). The van der Waals surface area contributed by atoms with Crippen molar-refractivity contribution in [2.24, 2.45) is 0 Å². The van der Waals surface area contributed by atoms with E-state index in [0.717, 1.165) is 11.3 Å². The molecule has 0 aliphatic heterocycles. The van der Waals surface area contributed by atoms with Gasteiger partial charge in [-0.15, -0.1) is 0 Å². The summed E-state index contributed by atoms with van der Waals surface area (Å²) in [5, 5.41) is 5.69. The molecule has 0 radical (unpaired) electrons. The third-order valence-corrected chi connectivity index (χ3v) is 3.94. The SMILES string of the molecule is Cc1cc(C(=O)OCc2ccc(Cl)cc2)c2cnn(C(C)C)c2n1. The van der Waals surface area contributed by atoms with Gasteiger partial charge in [-0.2, -0.15) is 5.10 Å². The van der Waals surface area contributed by atoms with Crippen LogP contribution in [-0.4, -0.2) is 20.7 Å². The molecule has 0 spiro atoms. The monoisotopic (exact) mass is 343 g/mol. The average molecular weight is 344 g/mol. The first-order valence-electron chi connectivity index (χ1n) is 7.72. The van der Waals surface area contributed by atoms with E-state index >= 15 is 0 Å². The van der Waals surface area contributed by atoms with Gasteiger partial charge in [-0.25, -0.2) is 14.5 Å². The highest BCUT2D eigenvalue weighted by Gasteiger charge is 2.18. The topological polar surface area (TPSA) is 57.0 Å². The summed E-state index contributed by atoms with van der Waals surface area (Å²) in [5.74, 6) is -0.385. The number of aromatic nitrogens is 3. The molecule has 2 heterocycles. The number of ether oxygens (including phenoxy) is 1. The Morgan fingerprint density at radius 2 is 2.00 bits per heavy atom. The second-order valence-corrected chi connectivity index (χ2v) is 6.37. The number of rotatable bonds is 4. The first-order valence-corrected chi connectivity index (χ1v) is 8.10. The number of halogens is 1. The van der Waals surface area contributed by atoms with Gasteiger partial charge in [0.2, 0.25) is 0 Å². The van der Waals surface area contributed by atoms with Crippen molar-refractivity contribution in [3.05, 3.63) is 58.4 Å². The number of carbonyl (C=O) groups is 1. The standard InChI is InChI=1S/C18H18ClN3O2/c1-11(2)22-17-16(9-20-22)15(8-12(3)21-17)18(23)24-10-13-4-6-14(19)7-5-13/h4-9,11H,10H2,1-3H3. The van der Waals surface area contributed by atoms with Gasteiger partial charge in [-0.05, 0) is 44.5 Å². The molecule has 0 N–H and O–H groups in total. The number of hydrogen-bond donors (Lipinski definition) is 0. The first-order chi connectivity index (χ1) is 11.5. The van der Waals surface area contributed by atoms with Crippen LogP contribution in [0.25, 0.3) is 11.0 Å². The van der Waals surface area contributed by atoms with E-state index in [1.807, 2.05) is 32.9 Å². The summed E-state index contributed by atoms with van der Waals surface area (Å²) in [7, 11) is 0. The van der Waals surface area contributed by atoms with E-state index in [1.54, 1.807) is 29.1 Å². The van der Waals surface area contributed by atoms with Crippen molar-refractivity contribution in [2.45, 2.75) is 33.4 Å². The van der Waals surface area contributed by atoms with Crippen LogP contribution in [0.15, 0.2) is 36.5 Å². The molecule has 0 bridgehead atoms. The second-order valence-electron chi connectivity index (χ2n) is 5.93. The Morgan fingerprint density at radius 1 is 1.29 bits per heavy atom. The molecule has 2 aromatic heterocycles. The fourth-order valence-electron chi connectivity index (χ4n) is 2.50. The fourth-order valence-corrected chi connectivity index (χ4v) is 2.62. The van der Waals surface area contributed by atoms with Gasteiger partial charge in [0.1, 0.15) is 6.61 Å². The van der Waals surface area contributed by atoms with Crippen LogP contribution in [0.1, 0.15) is 41.5 Å². The number of aryl methyl sites for hydroxylation is 1. The number of nitrogens with zero attached hydrogens (tertiary/aromatic N) is 3. The molecule has 0 aliphatic carbocycles. The van der Waals surface area contributed by atoms with Crippen molar-refractivity contribution >= 4 is 28.6 Å². The van der Waals surface area contributed by atoms with Crippen LogP contribution < -0.4 is 0 Å². The fraction of sp³-hybridized carbons (Fsp3) is 0.278. The number of benzene rings is 1. The molecule has 5 nitrogen and oxygen atoms in total. The Balaban J connectivity index is 1.88. The predicted molar refractivity (Wildman–Crippen MR) is 93.2 cm³/mol. The Morgan fingerprint density at radius 3 is 2.67 bits per heavy atom. The quantitative estimate of drug-likeness (QED) is 0.661. The molecular formula is C18H18ClN3O2. The van der Waals surface area contributed by atoms with Gasteiger partial charge in [-0.1, -0.05) is 23.7 Å². The summed E-state index contributed by atoms with van der Waals surface area (Å²) < 4.78 is 7.24. The van der Waals surface area contributed by atoms with Crippen LogP contribution in [0.5, 0.6) is 0 Å². The van der Waals surface area contributed by atoms with Crippen LogP contribution in [0, 0.1) is 6.92 Å². The highest BCUT2D eigenvalue weighted by molar-refractivity contribution is 6.30. The number of carbonyl (C=O) groups excluding carboxylic acids is 1. The Hall–Kier alpha value is -2.40. The molecule has 0 saturated heterocycles. The number of fused-ring (bicyclic) bond motifs is 1. The van der Waals surface area contributed by atoms with E-state index in [9.17, 15) is 4.79 Å². The van der Waals surface area contributed by atoms with Gasteiger partial charge < -0.3 is 4.74 Å². The molecular weight excluding hydrogens is 326 g/mol. The minimum atomic E-state index is -0.385. The summed E-state index contributed by atoms with van der Waals surface area (Å²) in [5.41, 5.74) is 2.82. The number of hydrogen-bond acceptors (Lipinski definition) is 4. The molecule has 0 unspecified atom stereocenters. The lowest BCUT2D eigenvalue weighted by Gasteiger charge is -2.09. The van der Waals surface area contributed by atoms with Gasteiger partial charge >= 0.3 is 5.97 Å². The van der Waals surface area contributed by atoms with Gasteiger partial charge in [0.15, 0.2) is 5.65 Å². The maximum absolute atomic E-state index is 12.5. The molecule has 124 valence electrons. The van der Waals surface area contributed by atoms with Crippen molar-refractivity contribution in [3.63, 3.8) is 0 Å². The molecule has 0 atom stereocenters. The summed E-state index contributed by atoms with van der Waals surface area (Å²) >= 11 is 5.86. The van der Waals surface area contributed by atoms with Crippen molar-refractivity contribution in [1.29, 1.82) is 0 Å². The maximum atomic E-state index is 12.5. The molecule has 6 heteroatoms. The number of pyridine rings is 1. The Bertz CT molecular complexity index is 885. The average Bonchev–Trinajstić information content (AvgIpc) is 2.97. The smallest absolute Gasteiger partial charge is 0.339 e. The van der Waals surface area contributed by atoms with Crippen LogP contribution in [0.2, 0.25) is 5.02 Å². The van der Waals surface area contributed by atoms with Crippen LogP contribution in [0.3, 0.4) is 0 Å². The molecule has 0 saturated carbocycles. The second kappa shape index (κ2) is 6.61. The van der Waals surface area contributed by atoms with Gasteiger partial charge in [-0.3, -0.25) is 0 Å². The molecule has 3 aromatic rings. The van der Waals surface area contributed by atoms with Crippen molar-refractivity contribution in [3.8, 4) is 0 Å². The maximum Gasteiger partial charge on any atom is 0.339 e. The van der Waals surface area contributed by atoms with Gasteiger partial charge in [0.25, 0.3) is 0 Å². The molecule has 0 amide bonds. The van der Waals surface area contributed by atoms with E-state index in [4.69, 9.17) is 16.3 Å². The van der Waals surface area contributed by atoms with Crippen LogP contribution in [-0.2, 0) is 11.3 Å². The van der Waals surface area contributed by atoms with E-state index in [1.165, 1.54) is 0 Å². The zero-order valence-electron chi connectivity index (χ0n) is 13.8. The lowest BCUT2D eigenvalue weighted by molar-refractivity contribution is 0.0475. The van der Waals surface area contributed by atoms with Crippen LogP contribution in [0.4, 0.5) is 0 Å². The summed E-state index contributed by atoms with van der Waals surface area (Å²) in [6.07, 6.45) is 1.67. The number of esters is 1.